The van der Waals surface area contributed by atoms with Crippen LogP contribution < -0.4 is 5.32 Å². The molecule has 1 aromatic heterocycles. The summed E-state index contributed by atoms with van der Waals surface area (Å²) < 4.78 is 0. The first kappa shape index (κ1) is 15.7. The van der Waals surface area contributed by atoms with E-state index in [4.69, 9.17) is 11.6 Å². The Labute approximate surface area is 141 Å². The molecule has 1 heterocycles. The molecule has 2 aromatic carbocycles. The molecular weight excluding hydrogens is 332 g/mol. The monoisotopic (exact) mass is 342 g/mol. The van der Waals surface area contributed by atoms with E-state index in [-0.39, 0.29) is 16.3 Å². The molecule has 0 saturated heterocycles. The van der Waals surface area contributed by atoms with Crippen molar-refractivity contribution in [3.05, 3.63) is 75.6 Å². The van der Waals surface area contributed by atoms with Gasteiger partial charge in [-0.2, -0.15) is 0 Å². The molecule has 0 saturated carbocycles. The minimum Gasteiger partial charge on any atom is -0.345 e. The molecule has 0 bridgehead atoms. The third kappa shape index (κ3) is 3.26. The summed E-state index contributed by atoms with van der Waals surface area (Å²) in [6.07, 6.45) is 3.34. The zero-order valence-electron chi connectivity index (χ0n) is 12.2. The zero-order chi connectivity index (χ0) is 17.1. The summed E-state index contributed by atoms with van der Waals surface area (Å²) in [5, 5.41) is 13.4. The summed E-state index contributed by atoms with van der Waals surface area (Å²) in [7, 11) is 0. The van der Waals surface area contributed by atoms with Crippen LogP contribution in [0, 0.1) is 10.1 Å². The van der Waals surface area contributed by atoms with Crippen LogP contribution in [0.4, 0.5) is 11.4 Å². The number of aromatic amines is 1. The first-order valence-electron chi connectivity index (χ1n) is 6.90. The van der Waals surface area contributed by atoms with E-state index in [9.17, 15) is 14.9 Å². The Hall–Kier alpha value is -3.19. The van der Waals surface area contributed by atoms with Crippen LogP contribution in [0.3, 0.4) is 0 Å². The molecule has 120 valence electrons. The second-order valence-electron chi connectivity index (χ2n) is 4.89. The van der Waals surface area contributed by atoms with Gasteiger partial charge in [-0.15, -0.1) is 0 Å². The fourth-order valence-electron chi connectivity index (χ4n) is 2.17. The first-order chi connectivity index (χ1) is 11.5. The molecule has 0 aliphatic carbocycles. The molecule has 0 fully saturated rings. The highest BCUT2D eigenvalue weighted by atomic mass is 35.5. The van der Waals surface area contributed by atoms with Gasteiger partial charge in [0.15, 0.2) is 0 Å². The summed E-state index contributed by atoms with van der Waals surface area (Å²) in [5.41, 5.74) is 1.36. The third-order valence-corrected chi connectivity index (χ3v) is 3.61. The fourth-order valence-corrected chi connectivity index (χ4v) is 2.43. The number of carbonyl (C=O) groups is 1. The second-order valence-corrected chi connectivity index (χ2v) is 5.30. The molecule has 3 rings (SSSR count). The van der Waals surface area contributed by atoms with Gasteiger partial charge in [-0.05, 0) is 18.2 Å². The molecule has 7 nitrogen and oxygen atoms in total. The van der Waals surface area contributed by atoms with Gasteiger partial charge in [0, 0.05) is 35.8 Å². The van der Waals surface area contributed by atoms with E-state index in [1.165, 1.54) is 12.1 Å². The molecule has 0 unspecified atom stereocenters. The number of nitrogens with zero attached hydrogens (tertiary/aromatic N) is 2. The Morgan fingerprint density at radius 2 is 2.08 bits per heavy atom. The van der Waals surface area contributed by atoms with Gasteiger partial charge < -0.3 is 10.3 Å². The molecule has 24 heavy (non-hydrogen) atoms. The predicted octanol–water partition coefficient (Wildman–Crippen LogP) is 3.89. The SMILES string of the molecule is O=C(Nc1cccc(-c2ncc[nH]2)c1)c1ccc([N+](=O)[O-])cc1Cl. The van der Waals surface area contributed by atoms with Crippen molar-refractivity contribution in [1.29, 1.82) is 0 Å². The van der Waals surface area contributed by atoms with Gasteiger partial charge in [-0.25, -0.2) is 4.98 Å². The Balaban J connectivity index is 1.83. The number of nitrogens with one attached hydrogen (secondary N) is 2. The summed E-state index contributed by atoms with van der Waals surface area (Å²) in [6, 6.07) is 10.8. The number of rotatable bonds is 4. The van der Waals surface area contributed by atoms with Gasteiger partial charge >= 0.3 is 0 Å². The second kappa shape index (κ2) is 6.51. The van der Waals surface area contributed by atoms with Crippen LogP contribution in [0.1, 0.15) is 10.4 Å². The number of imidazole rings is 1. The highest BCUT2D eigenvalue weighted by molar-refractivity contribution is 6.34. The van der Waals surface area contributed by atoms with Crippen LogP contribution in [0.2, 0.25) is 5.02 Å². The summed E-state index contributed by atoms with van der Waals surface area (Å²) in [6.45, 7) is 0. The zero-order valence-corrected chi connectivity index (χ0v) is 12.9. The summed E-state index contributed by atoms with van der Waals surface area (Å²) in [4.78, 5) is 29.6. The maximum absolute atomic E-state index is 12.3. The van der Waals surface area contributed by atoms with E-state index in [2.05, 4.69) is 15.3 Å². The lowest BCUT2D eigenvalue weighted by Gasteiger charge is -2.08. The Kier molecular flexibility index (Phi) is 4.26. The Morgan fingerprint density at radius 1 is 1.25 bits per heavy atom. The number of anilines is 1. The molecule has 0 aliphatic heterocycles. The molecule has 3 aromatic rings. The topological polar surface area (TPSA) is 101 Å². The fraction of sp³-hybridized carbons (Fsp3) is 0. The van der Waals surface area contributed by atoms with Gasteiger partial charge in [0.2, 0.25) is 0 Å². The summed E-state index contributed by atoms with van der Waals surface area (Å²) in [5.74, 6) is 0.228. The lowest BCUT2D eigenvalue weighted by atomic mass is 10.1. The molecule has 0 atom stereocenters. The standard InChI is InChI=1S/C16H11ClN4O3/c17-14-9-12(21(23)24)4-5-13(14)16(22)20-11-3-1-2-10(8-11)15-18-6-7-19-15/h1-9H,(H,18,19)(H,20,22). The van der Waals surface area contributed by atoms with Crippen LogP contribution >= 0.6 is 11.6 Å². The maximum Gasteiger partial charge on any atom is 0.270 e. The molecule has 1 amide bonds. The Bertz CT molecular complexity index is 909. The number of nitro groups is 1. The van der Waals surface area contributed by atoms with Crippen LogP contribution in [0.15, 0.2) is 54.9 Å². The van der Waals surface area contributed by atoms with Crippen molar-refractivity contribution < 1.29 is 9.72 Å². The molecular formula is C16H11ClN4O3. The van der Waals surface area contributed by atoms with E-state index in [0.717, 1.165) is 11.6 Å². The molecule has 0 spiro atoms. The lowest BCUT2D eigenvalue weighted by Crippen LogP contribution is -2.12. The minimum absolute atomic E-state index is 0.0175. The average Bonchev–Trinajstić information content (AvgIpc) is 3.09. The molecule has 0 radical (unpaired) electrons. The number of hydrogen-bond donors (Lipinski definition) is 2. The number of hydrogen-bond acceptors (Lipinski definition) is 4. The van der Waals surface area contributed by atoms with Crippen molar-refractivity contribution in [3.8, 4) is 11.4 Å². The van der Waals surface area contributed by atoms with Crippen molar-refractivity contribution in [2.75, 3.05) is 5.32 Å². The largest absolute Gasteiger partial charge is 0.345 e. The van der Waals surface area contributed by atoms with Crippen molar-refractivity contribution in [2.45, 2.75) is 0 Å². The predicted molar refractivity (Wildman–Crippen MR) is 90.1 cm³/mol. The quantitative estimate of drug-likeness (QED) is 0.554. The Morgan fingerprint density at radius 3 is 2.75 bits per heavy atom. The minimum atomic E-state index is -0.569. The smallest absolute Gasteiger partial charge is 0.270 e. The van der Waals surface area contributed by atoms with Crippen LogP contribution in [0.5, 0.6) is 0 Å². The average molecular weight is 343 g/mol. The number of H-pyrrole nitrogens is 1. The van der Waals surface area contributed by atoms with Gasteiger partial charge in [-0.1, -0.05) is 23.7 Å². The van der Waals surface area contributed by atoms with Gasteiger partial charge in [-0.3, -0.25) is 14.9 Å². The summed E-state index contributed by atoms with van der Waals surface area (Å²) >= 11 is 5.97. The van der Waals surface area contributed by atoms with Crippen molar-refractivity contribution >= 4 is 28.9 Å². The van der Waals surface area contributed by atoms with Crippen molar-refractivity contribution in [3.63, 3.8) is 0 Å². The number of nitro benzene ring substituents is 1. The number of benzene rings is 2. The van der Waals surface area contributed by atoms with E-state index >= 15 is 0 Å². The van der Waals surface area contributed by atoms with Crippen LogP contribution in [-0.2, 0) is 0 Å². The highest BCUT2D eigenvalue weighted by Gasteiger charge is 2.15. The van der Waals surface area contributed by atoms with Gasteiger partial charge in [0.1, 0.15) is 5.82 Å². The van der Waals surface area contributed by atoms with E-state index < -0.39 is 10.8 Å². The van der Waals surface area contributed by atoms with Crippen molar-refractivity contribution in [2.24, 2.45) is 0 Å². The number of halogens is 1. The number of carbonyl (C=O) groups excluding carboxylic acids is 1. The highest BCUT2D eigenvalue weighted by Crippen LogP contribution is 2.24. The molecule has 0 aliphatic rings. The number of aromatic nitrogens is 2. The van der Waals surface area contributed by atoms with Gasteiger partial charge in [0.25, 0.3) is 11.6 Å². The van der Waals surface area contributed by atoms with Crippen molar-refractivity contribution in [1.82, 2.24) is 9.97 Å². The third-order valence-electron chi connectivity index (χ3n) is 3.30. The van der Waals surface area contributed by atoms with Gasteiger partial charge in [0.05, 0.1) is 15.5 Å². The normalized spacial score (nSPS) is 10.4. The molecule has 8 heteroatoms. The van der Waals surface area contributed by atoms with Crippen LogP contribution in [-0.4, -0.2) is 20.8 Å². The first-order valence-corrected chi connectivity index (χ1v) is 7.27. The molecule has 2 N–H and O–H groups in total. The van der Waals surface area contributed by atoms with E-state index in [1.54, 1.807) is 30.6 Å². The van der Waals surface area contributed by atoms with E-state index in [1.807, 2.05) is 6.07 Å². The number of non-ortho nitro benzene ring substituents is 1. The van der Waals surface area contributed by atoms with E-state index in [0.29, 0.717) is 11.5 Å². The van der Waals surface area contributed by atoms with Crippen LogP contribution in [0.25, 0.3) is 11.4 Å². The maximum atomic E-state index is 12.3. The lowest BCUT2D eigenvalue weighted by molar-refractivity contribution is -0.384. The number of amides is 1.